The van der Waals surface area contributed by atoms with Crippen LogP contribution < -0.4 is 10.0 Å². The molecule has 1 atom stereocenters. The second kappa shape index (κ2) is 10.1. The lowest BCUT2D eigenvalue weighted by molar-refractivity contribution is 0.0501. The van der Waals surface area contributed by atoms with Crippen molar-refractivity contribution >= 4 is 39.4 Å². The van der Waals surface area contributed by atoms with E-state index in [2.05, 4.69) is 10.3 Å². The first-order valence-electron chi connectivity index (χ1n) is 9.32. The van der Waals surface area contributed by atoms with E-state index in [1.54, 1.807) is 45.2 Å². The summed E-state index contributed by atoms with van der Waals surface area (Å²) in [6.45, 7) is 7.13. The van der Waals surface area contributed by atoms with Crippen LogP contribution in [0.4, 0.5) is 10.5 Å². The first-order chi connectivity index (χ1) is 14.4. The highest BCUT2D eigenvalue weighted by atomic mass is 32.2. The minimum atomic E-state index is -4.38. The van der Waals surface area contributed by atoms with Crippen molar-refractivity contribution in [2.75, 3.05) is 11.3 Å². The van der Waals surface area contributed by atoms with Gasteiger partial charge in [0.15, 0.2) is 0 Å². The highest BCUT2D eigenvalue weighted by Crippen LogP contribution is 2.23. The van der Waals surface area contributed by atoms with E-state index < -0.39 is 34.0 Å². The molecule has 2 aromatic rings. The Kier molecular flexibility index (Phi) is 7.98. The van der Waals surface area contributed by atoms with Gasteiger partial charge in [0.25, 0.3) is 0 Å². The van der Waals surface area contributed by atoms with E-state index in [1.807, 2.05) is 4.72 Å². The molecule has 0 spiro atoms. The molecule has 12 heteroatoms. The number of nitrogens with zero attached hydrogens (tertiary/aromatic N) is 1. The molecule has 0 fully saturated rings. The van der Waals surface area contributed by atoms with Gasteiger partial charge in [0.05, 0.1) is 24.0 Å². The predicted molar refractivity (Wildman–Crippen MR) is 115 cm³/mol. The number of esters is 1. The number of amides is 1. The molecule has 2 rings (SSSR count). The number of aromatic nitrogens is 1. The normalized spacial score (nSPS) is 12.7. The van der Waals surface area contributed by atoms with Crippen LogP contribution in [0.3, 0.4) is 0 Å². The van der Waals surface area contributed by atoms with Crippen molar-refractivity contribution in [2.24, 2.45) is 0 Å². The number of alkyl carbamates (subject to hydrolysis) is 1. The van der Waals surface area contributed by atoms with E-state index in [1.165, 1.54) is 12.1 Å². The molecule has 170 valence electrons. The maximum atomic E-state index is 12.3. The number of ether oxygens (including phenoxy) is 2. The average molecular weight is 472 g/mol. The Morgan fingerprint density at radius 3 is 2.42 bits per heavy atom. The van der Waals surface area contributed by atoms with Gasteiger partial charge in [-0.25, -0.2) is 14.6 Å². The van der Waals surface area contributed by atoms with Crippen LogP contribution in [0.25, 0.3) is 0 Å². The maximum Gasteiger partial charge on any atom is 0.408 e. The van der Waals surface area contributed by atoms with Gasteiger partial charge in [0.1, 0.15) is 5.60 Å². The van der Waals surface area contributed by atoms with Gasteiger partial charge < -0.3 is 14.8 Å². The number of hydrogen-bond acceptors (Lipinski definition) is 8. The number of rotatable bonds is 8. The molecule has 10 nitrogen and oxygen atoms in total. The summed E-state index contributed by atoms with van der Waals surface area (Å²) >= 11 is 1.10. The van der Waals surface area contributed by atoms with Crippen LogP contribution in [0.2, 0.25) is 0 Å². The van der Waals surface area contributed by atoms with Crippen LogP contribution in [0.5, 0.6) is 0 Å². The highest BCUT2D eigenvalue weighted by Gasteiger charge is 2.24. The number of hydrogen-bond donors (Lipinski definition) is 3. The SMILES string of the molecule is CCOC(=O)c1nc([C@H](Cc2ccc(NS(=O)(=O)O)cc2)NC(=O)OC(C)(C)C)cs1. The number of anilines is 1. The highest BCUT2D eigenvalue weighted by molar-refractivity contribution is 7.87. The molecule has 31 heavy (non-hydrogen) atoms. The van der Waals surface area contributed by atoms with Crippen LogP contribution in [0.1, 0.15) is 54.8 Å². The zero-order valence-electron chi connectivity index (χ0n) is 17.5. The van der Waals surface area contributed by atoms with E-state index in [0.29, 0.717) is 5.69 Å². The number of carbonyl (C=O) groups excluding carboxylic acids is 2. The van der Waals surface area contributed by atoms with Gasteiger partial charge >= 0.3 is 22.4 Å². The number of nitrogens with one attached hydrogen (secondary N) is 2. The fourth-order valence-electron chi connectivity index (χ4n) is 2.51. The Labute approximate surface area is 184 Å². The summed E-state index contributed by atoms with van der Waals surface area (Å²) in [6.07, 6.45) is -0.356. The summed E-state index contributed by atoms with van der Waals surface area (Å²) in [5.41, 5.74) is 0.684. The topological polar surface area (TPSA) is 144 Å². The third kappa shape index (κ3) is 8.52. The second-order valence-corrected chi connectivity index (χ2v) is 9.49. The van der Waals surface area contributed by atoms with Crippen molar-refractivity contribution in [2.45, 2.75) is 45.8 Å². The van der Waals surface area contributed by atoms with E-state index in [-0.39, 0.29) is 23.7 Å². The fourth-order valence-corrected chi connectivity index (χ4v) is 3.70. The van der Waals surface area contributed by atoms with Crippen LogP contribution in [-0.2, 0) is 26.2 Å². The molecule has 1 amide bonds. The van der Waals surface area contributed by atoms with Crippen LogP contribution in [0, 0.1) is 0 Å². The maximum absolute atomic E-state index is 12.3. The van der Waals surface area contributed by atoms with Gasteiger partial charge in [-0.2, -0.15) is 8.42 Å². The van der Waals surface area contributed by atoms with Gasteiger partial charge in [0.2, 0.25) is 5.01 Å². The number of benzene rings is 1. The molecule has 0 aliphatic heterocycles. The third-order valence-electron chi connectivity index (χ3n) is 3.66. The van der Waals surface area contributed by atoms with Crippen molar-refractivity contribution < 1.29 is 32.0 Å². The minimum Gasteiger partial charge on any atom is -0.461 e. The van der Waals surface area contributed by atoms with Crippen molar-refractivity contribution in [1.82, 2.24) is 10.3 Å². The minimum absolute atomic E-state index is 0.167. The molecule has 0 saturated heterocycles. The monoisotopic (exact) mass is 471 g/mol. The van der Waals surface area contributed by atoms with Crippen LogP contribution in [-0.4, -0.2) is 42.2 Å². The van der Waals surface area contributed by atoms with Crippen molar-refractivity contribution in [3.05, 3.63) is 45.9 Å². The third-order valence-corrected chi connectivity index (χ3v) is 4.99. The van der Waals surface area contributed by atoms with E-state index >= 15 is 0 Å². The molecular formula is C19H25N3O7S2. The van der Waals surface area contributed by atoms with Crippen molar-refractivity contribution in [3.63, 3.8) is 0 Å². The molecule has 0 aliphatic carbocycles. The second-order valence-electron chi connectivity index (χ2n) is 7.47. The van der Waals surface area contributed by atoms with E-state index in [9.17, 15) is 18.0 Å². The van der Waals surface area contributed by atoms with E-state index in [0.717, 1.165) is 16.9 Å². The molecule has 1 aromatic heterocycles. The average Bonchev–Trinajstić information content (AvgIpc) is 3.10. The zero-order valence-corrected chi connectivity index (χ0v) is 19.2. The van der Waals surface area contributed by atoms with Gasteiger partial charge in [-0.1, -0.05) is 12.1 Å². The predicted octanol–water partition coefficient (Wildman–Crippen LogP) is 3.34. The molecule has 0 aliphatic rings. The fraction of sp³-hybridized carbons (Fsp3) is 0.421. The molecule has 0 saturated carbocycles. The Morgan fingerprint density at radius 2 is 1.87 bits per heavy atom. The van der Waals surface area contributed by atoms with Gasteiger partial charge in [-0.3, -0.25) is 9.27 Å². The summed E-state index contributed by atoms with van der Waals surface area (Å²) in [5, 5.41) is 4.58. The molecule has 1 aromatic carbocycles. The summed E-state index contributed by atoms with van der Waals surface area (Å²) in [5.74, 6) is -0.546. The van der Waals surface area contributed by atoms with Gasteiger partial charge in [-0.05, 0) is 51.8 Å². The summed E-state index contributed by atoms with van der Waals surface area (Å²) in [4.78, 5) is 28.6. The van der Waals surface area contributed by atoms with Crippen LogP contribution in [0.15, 0.2) is 29.6 Å². The number of carbonyl (C=O) groups is 2. The lowest BCUT2D eigenvalue weighted by Gasteiger charge is -2.23. The summed E-state index contributed by atoms with van der Waals surface area (Å²) in [7, 11) is -4.38. The Hall–Kier alpha value is -2.70. The first-order valence-corrected chi connectivity index (χ1v) is 11.6. The molecule has 0 radical (unpaired) electrons. The standard InChI is InChI=1S/C19H25N3O7S2/c1-5-28-17(23)16-20-15(11-30-16)14(21-18(24)29-19(2,3)4)10-12-6-8-13(9-7-12)22-31(25,26)27/h6-9,11,14,22H,5,10H2,1-4H3,(H,21,24)(H,25,26,27)/t14-/m0/s1. The molecule has 0 unspecified atom stereocenters. The van der Waals surface area contributed by atoms with Gasteiger partial charge in [-0.15, -0.1) is 11.3 Å². The van der Waals surface area contributed by atoms with Crippen molar-refractivity contribution in [3.8, 4) is 0 Å². The molecule has 1 heterocycles. The molecule has 0 bridgehead atoms. The summed E-state index contributed by atoms with van der Waals surface area (Å²) < 4.78 is 43.0. The smallest absolute Gasteiger partial charge is 0.408 e. The largest absolute Gasteiger partial charge is 0.461 e. The van der Waals surface area contributed by atoms with Crippen LogP contribution >= 0.6 is 11.3 Å². The zero-order chi connectivity index (χ0) is 23.2. The number of thiazole rings is 1. The Bertz CT molecular complexity index is 1010. The Balaban J connectivity index is 2.23. The quantitative estimate of drug-likeness (QED) is 0.393. The van der Waals surface area contributed by atoms with Gasteiger partial charge in [0, 0.05) is 5.38 Å². The molecular weight excluding hydrogens is 446 g/mol. The lowest BCUT2D eigenvalue weighted by Crippen LogP contribution is -2.36. The summed E-state index contributed by atoms with van der Waals surface area (Å²) in [6, 6.07) is 5.60. The first kappa shape index (κ1) is 24.6. The Morgan fingerprint density at radius 1 is 1.23 bits per heavy atom. The lowest BCUT2D eigenvalue weighted by atomic mass is 10.0. The van der Waals surface area contributed by atoms with Crippen molar-refractivity contribution in [1.29, 1.82) is 0 Å². The molecule has 3 N–H and O–H groups in total. The van der Waals surface area contributed by atoms with E-state index in [4.69, 9.17) is 14.0 Å².